The summed E-state index contributed by atoms with van der Waals surface area (Å²) in [6.07, 6.45) is 7.89. The van der Waals surface area contributed by atoms with E-state index >= 15 is 0 Å². The van der Waals surface area contributed by atoms with E-state index < -0.39 is 46.8 Å². The Bertz CT molecular complexity index is 1550. The molecule has 0 bridgehead atoms. The Morgan fingerprint density at radius 3 is 2.25 bits per heavy atom. The molecular formula is C41H56N4O6. The van der Waals surface area contributed by atoms with Gasteiger partial charge in [0.1, 0.15) is 11.7 Å². The van der Waals surface area contributed by atoms with Gasteiger partial charge in [-0.1, -0.05) is 91.6 Å². The van der Waals surface area contributed by atoms with E-state index in [2.05, 4.69) is 15.3 Å². The Labute approximate surface area is 303 Å². The topological polar surface area (TPSA) is 143 Å². The molecule has 2 aromatic rings. The normalized spacial score (nSPS) is 21.0. The van der Waals surface area contributed by atoms with Gasteiger partial charge in [0.2, 0.25) is 17.6 Å². The van der Waals surface area contributed by atoms with Crippen molar-refractivity contribution in [3.63, 3.8) is 0 Å². The summed E-state index contributed by atoms with van der Waals surface area (Å²) in [7, 11) is 0. The number of nitrogens with zero attached hydrogens (tertiary/aromatic N) is 3. The number of fused-ring (bicyclic) bond motifs is 1. The van der Waals surface area contributed by atoms with Crippen LogP contribution in [0, 0.1) is 35.0 Å². The quantitative estimate of drug-likeness (QED) is 0.152. The van der Waals surface area contributed by atoms with Crippen LogP contribution in [0.25, 0.3) is 0 Å². The van der Waals surface area contributed by atoms with E-state index in [1.807, 2.05) is 78.8 Å². The first kappa shape index (κ1) is 39.7. The molecule has 2 aliphatic rings. The van der Waals surface area contributed by atoms with Gasteiger partial charge in [0, 0.05) is 50.0 Å². The maximum absolute atomic E-state index is 14.6. The first-order valence-corrected chi connectivity index (χ1v) is 18.7. The molecule has 1 saturated heterocycles. The summed E-state index contributed by atoms with van der Waals surface area (Å²) in [5.41, 5.74) is 0.444. The maximum atomic E-state index is 14.6. The average Bonchev–Trinajstić information content (AvgIpc) is 3.70. The molecule has 2 amide bonds. The monoisotopic (exact) mass is 700 g/mol. The zero-order chi connectivity index (χ0) is 37.5. The molecule has 10 nitrogen and oxygen atoms in total. The number of carbonyl (C=O) groups excluding carboxylic acids is 6. The standard InChI is InChI=1S/C41H56N4O6/c1-8-13-28(37(49)35(48)20-26(4)27-14-10-9-11-15-27)21-34(47)36-30-17-12-16-29(30)24-45(36)40(51)38(41(5,6)7)44-39(50)31(25(2)3)22-33(46)32-23-42-18-19-43-32/h9-11,14-15,18-19,23,25-26,28-31,36,38H,8,12-13,16-17,20-22,24H2,1-7H3,(H,44,50)/t26-,28?,29+,30+,31-,36+,38-/m1/s1. The average molecular weight is 701 g/mol. The van der Waals surface area contributed by atoms with Crippen LogP contribution in [-0.2, 0) is 24.0 Å². The second kappa shape index (κ2) is 17.4. The first-order chi connectivity index (χ1) is 24.1. The zero-order valence-corrected chi connectivity index (χ0v) is 31.4. The van der Waals surface area contributed by atoms with Crippen molar-refractivity contribution >= 4 is 34.9 Å². The van der Waals surface area contributed by atoms with Crippen LogP contribution in [0.15, 0.2) is 48.9 Å². The summed E-state index contributed by atoms with van der Waals surface area (Å²) in [4.78, 5) is 92.3. The van der Waals surface area contributed by atoms with Crippen LogP contribution in [0.3, 0.4) is 0 Å². The highest BCUT2D eigenvalue weighted by atomic mass is 16.2. The number of amides is 2. The number of nitrogens with one attached hydrogen (secondary N) is 1. The number of hydrogen-bond acceptors (Lipinski definition) is 8. The number of ketones is 4. The van der Waals surface area contributed by atoms with Crippen molar-refractivity contribution in [1.82, 2.24) is 20.2 Å². The fourth-order valence-corrected chi connectivity index (χ4v) is 7.93. The molecule has 4 rings (SSSR count). The van der Waals surface area contributed by atoms with Gasteiger partial charge in [-0.15, -0.1) is 0 Å². The summed E-state index contributed by atoms with van der Waals surface area (Å²) < 4.78 is 0. The number of Topliss-reactive ketones (excluding diaryl/α,β-unsaturated/α-hetero) is 4. The number of rotatable bonds is 17. The fourth-order valence-electron chi connectivity index (χ4n) is 7.93. The van der Waals surface area contributed by atoms with Crippen LogP contribution < -0.4 is 5.32 Å². The third-order valence-electron chi connectivity index (χ3n) is 10.9. The molecule has 1 aromatic carbocycles. The van der Waals surface area contributed by atoms with E-state index in [0.717, 1.165) is 24.8 Å². The maximum Gasteiger partial charge on any atom is 0.246 e. The Kier molecular flexibility index (Phi) is 13.6. The van der Waals surface area contributed by atoms with Crippen LogP contribution in [0.2, 0.25) is 0 Å². The Balaban J connectivity index is 1.52. The molecule has 10 heteroatoms. The van der Waals surface area contributed by atoms with Gasteiger partial charge in [0.25, 0.3) is 0 Å². The molecule has 2 fully saturated rings. The summed E-state index contributed by atoms with van der Waals surface area (Å²) in [5.74, 6) is -3.89. The van der Waals surface area contributed by atoms with Crippen LogP contribution in [-0.4, -0.2) is 68.4 Å². The molecule has 1 N–H and O–H groups in total. The second-order valence-corrected chi connectivity index (χ2v) is 16.1. The SMILES string of the molecule is CCCC(CC(=O)[C@@H]1[C@H]2CCC[C@H]2CN1C(=O)[C@@H](NC(=O)[C@H](CC(=O)c1cnccn1)C(C)C)C(C)(C)C)C(=O)C(=O)C[C@@H](C)c1ccccc1. The Hall–Kier alpha value is -4.08. The molecule has 1 aliphatic carbocycles. The molecule has 276 valence electrons. The van der Waals surface area contributed by atoms with Gasteiger partial charge < -0.3 is 10.2 Å². The van der Waals surface area contributed by atoms with Crippen molar-refractivity contribution in [2.45, 2.75) is 118 Å². The lowest BCUT2D eigenvalue weighted by atomic mass is 9.82. The molecular weight excluding hydrogens is 644 g/mol. The highest BCUT2D eigenvalue weighted by Gasteiger charge is 2.52. The fraction of sp³-hybridized carbons (Fsp3) is 0.610. The van der Waals surface area contributed by atoms with Crippen LogP contribution in [0.5, 0.6) is 0 Å². The van der Waals surface area contributed by atoms with E-state index in [9.17, 15) is 28.8 Å². The van der Waals surface area contributed by atoms with Gasteiger partial charge in [-0.2, -0.15) is 0 Å². The third-order valence-corrected chi connectivity index (χ3v) is 10.9. The summed E-state index contributed by atoms with van der Waals surface area (Å²) in [6.45, 7) is 13.6. The third kappa shape index (κ3) is 9.83. The van der Waals surface area contributed by atoms with Crippen molar-refractivity contribution in [1.29, 1.82) is 0 Å². The molecule has 2 heterocycles. The number of aromatic nitrogens is 2. The lowest BCUT2D eigenvalue weighted by Crippen LogP contribution is -2.58. The van der Waals surface area contributed by atoms with Crippen LogP contribution >= 0.6 is 0 Å². The number of likely N-dealkylation sites (tertiary alicyclic amines) is 1. The molecule has 0 radical (unpaired) electrons. The van der Waals surface area contributed by atoms with Crippen LogP contribution in [0.1, 0.15) is 122 Å². The molecule has 1 saturated carbocycles. The van der Waals surface area contributed by atoms with Crippen molar-refractivity contribution in [3.8, 4) is 0 Å². The summed E-state index contributed by atoms with van der Waals surface area (Å²) >= 11 is 0. The molecule has 1 unspecified atom stereocenters. The van der Waals surface area contributed by atoms with Gasteiger partial charge in [0.15, 0.2) is 17.3 Å². The minimum atomic E-state index is -0.957. The van der Waals surface area contributed by atoms with E-state index in [0.29, 0.717) is 19.4 Å². The van der Waals surface area contributed by atoms with Gasteiger partial charge in [-0.25, -0.2) is 4.98 Å². The molecule has 1 aromatic heterocycles. The minimum Gasteiger partial charge on any atom is -0.344 e. The molecule has 7 atom stereocenters. The van der Waals surface area contributed by atoms with E-state index in [1.54, 1.807) is 4.90 Å². The van der Waals surface area contributed by atoms with Crippen molar-refractivity contribution < 1.29 is 28.8 Å². The lowest BCUT2D eigenvalue weighted by molar-refractivity contribution is -0.146. The van der Waals surface area contributed by atoms with Crippen LogP contribution in [0.4, 0.5) is 0 Å². The second-order valence-electron chi connectivity index (χ2n) is 16.1. The van der Waals surface area contributed by atoms with E-state index in [4.69, 9.17) is 0 Å². The molecule has 1 aliphatic heterocycles. The lowest BCUT2D eigenvalue weighted by Gasteiger charge is -2.37. The van der Waals surface area contributed by atoms with Crippen molar-refractivity contribution in [2.24, 2.45) is 35.0 Å². The van der Waals surface area contributed by atoms with E-state index in [-0.39, 0.29) is 66.1 Å². The smallest absolute Gasteiger partial charge is 0.246 e. The van der Waals surface area contributed by atoms with Gasteiger partial charge >= 0.3 is 0 Å². The molecule has 0 spiro atoms. The van der Waals surface area contributed by atoms with E-state index in [1.165, 1.54) is 18.6 Å². The summed E-state index contributed by atoms with van der Waals surface area (Å²) in [6, 6.07) is 7.91. The highest BCUT2D eigenvalue weighted by Crippen LogP contribution is 2.44. The highest BCUT2D eigenvalue weighted by molar-refractivity contribution is 6.38. The van der Waals surface area contributed by atoms with Gasteiger partial charge in [-0.05, 0) is 53.9 Å². The van der Waals surface area contributed by atoms with Crippen molar-refractivity contribution in [3.05, 3.63) is 60.2 Å². The number of benzene rings is 1. The van der Waals surface area contributed by atoms with Crippen molar-refractivity contribution in [2.75, 3.05) is 6.54 Å². The predicted octanol–water partition coefficient (Wildman–Crippen LogP) is 6.19. The number of hydrogen-bond donors (Lipinski definition) is 1. The summed E-state index contributed by atoms with van der Waals surface area (Å²) in [5, 5.41) is 2.99. The minimum absolute atomic E-state index is 0.0306. The molecule has 51 heavy (non-hydrogen) atoms. The van der Waals surface area contributed by atoms with Gasteiger partial charge in [0.05, 0.1) is 12.2 Å². The van der Waals surface area contributed by atoms with Gasteiger partial charge in [-0.3, -0.25) is 33.8 Å². The largest absolute Gasteiger partial charge is 0.344 e. The zero-order valence-electron chi connectivity index (χ0n) is 31.4. The Morgan fingerprint density at radius 1 is 0.941 bits per heavy atom. The first-order valence-electron chi connectivity index (χ1n) is 18.7. The Morgan fingerprint density at radius 2 is 1.65 bits per heavy atom. The predicted molar refractivity (Wildman–Crippen MR) is 195 cm³/mol. The number of carbonyl (C=O) groups is 6.